The van der Waals surface area contributed by atoms with Gasteiger partial charge in [0, 0.05) is 5.56 Å². The van der Waals surface area contributed by atoms with Gasteiger partial charge in [0.1, 0.15) is 6.61 Å². The molecule has 0 aromatic heterocycles. The number of cyclic esters (lactones) is 1. The molecule has 0 spiro atoms. The number of nitrogens with one attached hydrogen (secondary N) is 1. The Bertz CT molecular complexity index is 1110. The molecule has 1 fully saturated rings. The van der Waals surface area contributed by atoms with E-state index in [2.05, 4.69) is 29.6 Å². The predicted molar refractivity (Wildman–Crippen MR) is 106 cm³/mol. The Balaban J connectivity index is 1.42. The maximum absolute atomic E-state index is 11.9. The number of carbonyl (C=O) groups excluding carboxylic acids is 2. The van der Waals surface area contributed by atoms with Crippen molar-refractivity contribution in [1.82, 2.24) is 5.32 Å². The van der Waals surface area contributed by atoms with Crippen LogP contribution in [0.25, 0.3) is 17.2 Å². The lowest BCUT2D eigenvalue weighted by molar-refractivity contribution is -0.114. The van der Waals surface area contributed by atoms with Gasteiger partial charge in [0.25, 0.3) is 0 Å². The summed E-state index contributed by atoms with van der Waals surface area (Å²) in [6.45, 7) is 0.342. The molecule has 0 amide bonds. The molecule has 2 aromatic carbocycles. The highest BCUT2D eigenvalue weighted by Gasteiger charge is 2.23. The van der Waals surface area contributed by atoms with Gasteiger partial charge in [-0.1, -0.05) is 42.6 Å². The minimum atomic E-state index is -0.248. The number of ether oxygens (including phenoxy) is 1. The first kappa shape index (κ1) is 16.1. The quantitative estimate of drug-likeness (QED) is 0.494. The van der Waals surface area contributed by atoms with Crippen LogP contribution in [0.15, 0.2) is 53.7 Å². The van der Waals surface area contributed by atoms with E-state index >= 15 is 0 Å². The first-order valence-electron chi connectivity index (χ1n) is 8.75. The van der Waals surface area contributed by atoms with Crippen molar-refractivity contribution in [2.75, 3.05) is 0 Å². The van der Waals surface area contributed by atoms with Gasteiger partial charge in [0.2, 0.25) is 0 Å². The minimum absolute atomic E-state index is 0.0486. The second-order valence-corrected chi connectivity index (χ2v) is 7.46. The average Bonchev–Trinajstić information content (AvgIpc) is 3.31. The van der Waals surface area contributed by atoms with E-state index in [1.54, 1.807) is 0 Å². The van der Waals surface area contributed by atoms with Gasteiger partial charge in [-0.2, -0.15) is 0 Å². The van der Waals surface area contributed by atoms with Crippen molar-refractivity contribution in [2.45, 2.75) is 19.4 Å². The van der Waals surface area contributed by atoms with Gasteiger partial charge in [0.05, 0.1) is 22.7 Å². The van der Waals surface area contributed by atoms with Gasteiger partial charge in [-0.3, -0.25) is 4.79 Å². The molecule has 0 atom stereocenters. The number of benzene rings is 2. The zero-order valence-electron chi connectivity index (χ0n) is 14.4. The molecule has 0 unspecified atom stereocenters. The number of hydrogen-bond acceptors (Lipinski definition) is 4. The number of allylic oxidation sites excluding steroid dienone is 3. The van der Waals surface area contributed by atoms with E-state index in [0.29, 0.717) is 29.3 Å². The standard InChI is InChI=1S/C22H15NO3S/c24-20-10-21(27)23-19(20)7-12-5-13-1-2-14(8-16(13)6-12)15-3-4-18-17(9-15)11-26-22(18)25/h1-5,7-9H,6,10-11H2,(H,23,27)/b19-7+. The van der Waals surface area contributed by atoms with E-state index in [-0.39, 0.29) is 11.8 Å². The summed E-state index contributed by atoms with van der Waals surface area (Å²) in [5.41, 5.74) is 7.83. The lowest BCUT2D eigenvalue weighted by Crippen LogP contribution is -2.11. The van der Waals surface area contributed by atoms with Crippen LogP contribution in [0, 0.1) is 0 Å². The van der Waals surface area contributed by atoms with E-state index in [4.69, 9.17) is 17.0 Å². The molecule has 0 bridgehead atoms. The summed E-state index contributed by atoms with van der Waals surface area (Å²) in [5, 5.41) is 2.98. The number of ketones is 1. The number of Topliss-reactive ketones (excluding diaryl/α,β-unsaturated/α-hetero) is 1. The molecule has 1 saturated heterocycles. The Hall–Kier alpha value is -3.05. The molecule has 0 saturated carbocycles. The number of fused-ring (bicyclic) bond motifs is 2. The highest BCUT2D eigenvalue weighted by molar-refractivity contribution is 7.80. The summed E-state index contributed by atoms with van der Waals surface area (Å²) >= 11 is 5.07. The van der Waals surface area contributed by atoms with Crippen LogP contribution in [-0.4, -0.2) is 16.7 Å². The van der Waals surface area contributed by atoms with Crippen LogP contribution in [0.2, 0.25) is 0 Å². The SMILES string of the molecule is O=C1CC(=S)N/C1=C/C1=Cc2ccc(-c3ccc4c(c3)COC4=O)cc2C1. The van der Waals surface area contributed by atoms with E-state index in [1.807, 2.05) is 24.3 Å². The third kappa shape index (κ3) is 2.80. The van der Waals surface area contributed by atoms with E-state index in [9.17, 15) is 9.59 Å². The van der Waals surface area contributed by atoms with Crippen LogP contribution < -0.4 is 5.32 Å². The Morgan fingerprint density at radius 1 is 1.00 bits per heavy atom. The van der Waals surface area contributed by atoms with Crippen molar-refractivity contribution < 1.29 is 14.3 Å². The highest BCUT2D eigenvalue weighted by Crippen LogP contribution is 2.33. The molecule has 2 aromatic rings. The molecular weight excluding hydrogens is 358 g/mol. The Morgan fingerprint density at radius 3 is 2.56 bits per heavy atom. The van der Waals surface area contributed by atoms with Crippen LogP contribution >= 0.6 is 12.2 Å². The topological polar surface area (TPSA) is 55.4 Å². The number of hydrogen-bond donors (Lipinski definition) is 1. The molecule has 3 aliphatic rings. The van der Waals surface area contributed by atoms with Crippen molar-refractivity contribution in [2.24, 2.45) is 0 Å². The van der Waals surface area contributed by atoms with Crippen molar-refractivity contribution in [3.63, 3.8) is 0 Å². The first-order valence-corrected chi connectivity index (χ1v) is 9.16. The molecule has 4 nitrogen and oxygen atoms in total. The van der Waals surface area contributed by atoms with Gasteiger partial charge >= 0.3 is 5.97 Å². The van der Waals surface area contributed by atoms with Crippen LogP contribution in [0.1, 0.15) is 33.5 Å². The Labute approximate surface area is 161 Å². The zero-order chi connectivity index (χ0) is 18.5. The average molecular weight is 373 g/mol. The third-order valence-corrected chi connectivity index (χ3v) is 5.37. The Kier molecular flexibility index (Phi) is 3.58. The van der Waals surface area contributed by atoms with Gasteiger partial charge in [-0.25, -0.2) is 4.79 Å². The molecule has 2 heterocycles. The summed E-state index contributed by atoms with van der Waals surface area (Å²) in [6.07, 6.45) is 5.09. The largest absolute Gasteiger partial charge is 0.457 e. The summed E-state index contributed by atoms with van der Waals surface area (Å²) < 4.78 is 5.09. The first-order chi connectivity index (χ1) is 13.1. The summed E-state index contributed by atoms with van der Waals surface area (Å²) in [4.78, 5) is 24.1. The maximum Gasteiger partial charge on any atom is 0.338 e. The number of thiocarbonyl (C=S) groups is 1. The Morgan fingerprint density at radius 2 is 1.78 bits per heavy atom. The molecule has 0 radical (unpaired) electrons. The molecule has 1 N–H and O–H groups in total. The zero-order valence-corrected chi connectivity index (χ0v) is 15.2. The van der Waals surface area contributed by atoms with Crippen molar-refractivity contribution in [3.8, 4) is 11.1 Å². The normalized spacial score (nSPS) is 19.0. The highest BCUT2D eigenvalue weighted by atomic mass is 32.1. The number of rotatable bonds is 2. The fraction of sp³-hybridized carbons (Fsp3) is 0.136. The number of carbonyl (C=O) groups is 2. The van der Waals surface area contributed by atoms with E-state index in [1.165, 1.54) is 11.1 Å². The van der Waals surface area contributed by atoms with Crippen molar-refractivity contribution >= 4 is 35.0 Å². The molecular formula is C22H15NO3S. The summed E-state index contributed by atoms with van der Waals surface area (Å²) in [6, 6.07) is 12.2. The lowest BCUT2D eigenvalue weighted by atomic mass is 9.97. The minimum Gasteiger partial charge on any atom is -0.457 e. The van der Waals surface area contributed by atoms with Crippen LogP contribution in [0.3, 0.4) is 0 Å². The fourth-order valence-corrected chi connectivity index (χ4v) is 4.00. The van der Waals surface area contributed by atoms with Gasteiger partial charge in [-0.05, 0) is 52.5 Å². The second kappa shape index (κ2) is 5.99. The van der Waals surface area contributed by atoms with Gasteiger partial charge < -0.3 is 10.1 Å². The van der Waals surface area contributed by atoms with Crippen LogP contribution in [0.4, 0.5) is 0 Å². The van der Waals surface area contributed by atoms with Crippen LogP contribution in [-0.2, 0) is 22.6 Å². The molecule has 5 rings (SSSR count). The molecule has 132 valence electrons. The predicted octanol–water partition coefficient (Wildman–Crippen LogP) is 3.74. The molecule has 5 heteroatoms. The molecule has 2 aliphatic heterocycles. The summed E-state index contributed by atoms with van der Waals surface area (Å²) in [7, 11) is 0. The third-order valence-electron chi connectivity index (χ3n) is 5.12. The monoisotopic (exact) mass is 373 g/mol. The molecule has 1 aliphatic carbocycles. The van der Waals surface area contributed by atoms with Gasteiger partial charge in [-0.15, -0.1) is 0 Å². The van der Waals surface area contributed by atoms with Crippen molar-refractivity contribution in [3.05, 3.63) is 76.0 Å². The van der Waals surface area contributed by atoms with Crippen LogP contribution in [0.5, 0.6) is 0 Å². The fourth-order valence-electron chi connectivity index (χ4n) is 3.76. The maximum atomic E-state index is 11.9. The van der Waals surface area contributed by atoms with Gasteiger partial charge in [0.15, 0.2) is 5.78 Å². The number of esters is 1. The van der Waals surface area contributed by atoms with E-state index in [0.717, 1.165) is 28.7 Å². The smallest absolute Gasteiger partial charge is 0.338 e. The molecule has 27 heavy (non-hydrogen) atoms. The second-order valence-electron chi connectivity index (χ2n) is 6.96. The lowest BCUT2D eigenvalue weighted by Gasteiger charge is -2.06. The van der Waals surface area contributed by atoms with E-state index < -0.39 is 0 Å². The summed E-state index contributed by atoms with van der Waals surface area (Å²) in [5.74, 6) is -0.200. The van der Waals surface area contributed by atoms with Crippen molar-refractivity contribution in [1.29, 1.82) is 0 Å².